The van der Waals surface area contributed by atoms with Gasteiger partial charge in [0.2, 0.25) is 5.91 Å². The Kier molecular flexibility index (Phi) is 5.96. The Bertz CT molecular complexity index is 1020. The number of fused-ring (bicyclic) bond motifs is 1. The van der Waals surface area contributed by atoms with Crippen LogP contribution in [0.25, 0.3) is 10.2 Å². The van der Waals surface area contributed by atoms with Gasteiger partial charge in [-0.1, -0.05) is 41.7 Å². The first-order chi connectivity index (χ1) is 14.1. The fourth-order valence-electron chi connectivity index (χ4n) is 3.22. The van der Waals surface area contributed by atoms with Crippen LogP contribution in [-0.2, 0) is 10.5 Å². The van der Waals surface area contributed by atoms with Crippen molar-refractivity contribution in [2.75, 3.05) is 36.8 Å². The van der Waals surface area contributed by atoms with Crippen molar-refractivity contribution in [3.63, 3.8) is 0 Å². The van der Waals surface area contributed by atoms with Crippen LogP contribution in [-0.4, -0.2) is 52.6 Å². The molecule has 1 fully saturated rings. The van der Waals surface area contributed by atoms with E-state index in [1.807, 2.05) is 23.1 Å². The lowest BCUT2D eigenvalue weighted by molar-refractivity contribution is -0.384. The standard InChI is InChI=1S/C20H20N4O3S2/c25-19(14-28-13-15-4-2-1-3-5-15)22-8-10-23(11-9-22)20-21-17-7-6-16(24(26)27)12-18(17)29-20/h1-7,12H,8-11,13-14H2. The molecule has 150 valence electrons. The topological polar surface area (TPSA) is 79.6 Å². The predicted molar refractivity (Wildman–Crippen MR) is 118 cm³/mol. The van der Waals surface area contributed by atoms with E-state index in [0.717, 1.165) is 34.2 Å². The Hall–Kier alpha value is -2.65. The molecule has 2 heterocycles. The molecule has 29 heavy (non-hydrogen) atoms. The highest BCUT2D eigenvalue weighted by Gasteiger charge is 2.23. The number of carbonyl (C=O) groups excluding carboxylic acids is 1. The van der Waals surface area contributed by atoms with Gasteiger partial charge in [0.15, 0.2) is 5.13 Å². The number of piperazine rings is 1. The molecular formula is C20H20N4O3S2. The zero-order valence-corrected chi connectivity index (χ0v) is 17.3. The van der Waals surface area contributed by atoms with Gasteiger partial charge in [-0.25, -0.2) is 4.98 Å². The van der Waals surface area contributed by atoms with E-state index >= 15 is 0 Å². The minimum absolute atomic E-state index is 0.0797. The first kappa shape index (κ1) is 19.7. The molecule has 1 aliphatic heterocycles. The Balaban J connectivity index is 1.30. The molecule has 0 aliphatic carbocycles. The number of rotatable bonds is 6. The third kappa shape index (κ3) is 4.68. The number of carbonyl (C=O) groups is 1. The van der Waals surface area contributed by atoms with Crippen molar-refractivity contribution in [1.29, 1.82) is 0 Å². The van der Waals surface area contributed by atoms with Gasteiger partial charge < -0.3 is 9.80 Å². The summed E-state index contributed by atoms with van der Waals surface area (Å²) in [4.78, 5) is 31.7. The number of nitro benzene ring substituents is 1. The normalized spacial score (nSPS) is 14.3. The number of non-ortho nitro benzene ring substituents is 1. The molecule has 0 spiro atoms. The van der Waals surface area contributed by atoms with Crippen molar-refractivity contribution in [1.82, 2.24) is 9.88 Å². The minimum atomic E-state index is -0.390. The molecule has 2 aromatic carbocycles. The predicted octanol–water partition coefficient (Wildman–Crippen LogP) is 3.79. The van der Waals surface area contributed by atoms with Crippen LogP contribution in [0.4, 0.5) is 10.8 Å². The molecular weight excluding hydrogens is 408 g/mol. The Labute approximate surface area is 176 Å². The molecule has 0 N–H and O–H groups in total. The smallest absolute Gasteiger partial charge is 0.270 e. The van der Waals surface area contributed by atoms with Gasteiger partial charge in [-0.3, -0.25) is 14.9 Å². The Morgan fingerprint density at radius 1 is 1.14 bits per heavy atom. The van der Waals surface area contributed by atoms with Crippen LogP contribution in [0.3, 0.4) is 0 Å². The van der Waals surface area contributed by atoms with Gasteiger partial charge in [0.25, 0.3) is 5.69 Å². The monoisotopic (exact) mass is 428 g/mol. The lowest BCUT2D eigenvalue weighted by atomic mass is 10.2. The fourth-order valence-corrected chi connectivity index (χ4v) is 5.16. The summed E-state index contributed by atoms with van der Waals surface area (Å²) in [7, 11) is 0. The lowest BCUT2D eigenvalue weighted by Gasteiger charge is -2.34. The second-order valence-corrected chi connectivity index (χ2v) is 8.75. The highest BCUT2D eigenvalue weighted by Crippen LogP contribution is 2.31. The summed E-state index contributed by atoms with van der Waals surface area (Å²) in [6.45, 7) is 2.77. The van der Waals surface area contributed by atoms with Crippen molar-refractivity contribution in [2.24, 2.45) is 0 Å². The number of anilines is 1. The Morgan fingerprint density at radius 2 is 1.90 bits per heavy atom. The summed E-state index contributed by atoms with van der Waals surface area (Å²) in [6.07, 6.45) is 0. The van der Waals surface area contributed by atoms with Crippen molar-refractivity contribution in [2.45, 2.75) is 5.75 Å². The van der Waals surface area contributed by atoms with Gasteiger partial charge in [-0.2, -0.15) is 0 Å². The van der Waals surface area contributed by atoms with E-state index in [2.05, 4.69) is 22.0 Å². The Morgan fingerprint density at radius 3 is 2.62 bits per heavy atom. The van der Waals surface area contributed by atoms with Gasteiger partial charge >= 0.3 is 0 Å². The van der Waals surface area contributed by atoms with Crippen LogP contribution in [0.5, 0.6) is 0 Å². The summed E-state index contributed by atoms with van der Waals surface area (Å²) in [5.74, 6) is 1.50. The first-order valence-corrected chi connectivity index (χ1v) is 11.3. The summed E-state index contributed by atoms with van der Waals surface area (Å²) in [5.41, 5.74) is 2.08. The van der Waals surface area contributed by atoms with E-state index in [0.29, 0.717) is 18.8 Å². The number of nitrogens with zero attached hydrogens (tertiary/aromatic N) is 4. The highest BCUT2D eigenvalue weighted by atomic mass is 32.2. The number of hydrogen-bond acceptors (Lipinski definition) is 7. The SMILES string of the molecule is O=C(CSCc1ccccc1)N1CCN(c2nc3ccc([N+](=O)[O-])cc3s2)CC1. The number of thioether (sulfide) groups is 1. The molecule has 0 atom stereocenters. The fraction of sp³-hybridized carbons (Fsp3) is 0.300. The number of amides is 1. The lowest BCUT2D eigenvalue weighted by Crippen LogP contribution is -2.49. The van der Waals surface area contributed by atoms with Gasteiger partial charge in [0.1, 0.15) is 0 Å². The van der Waals surface area contributed by atoms with Crippen LogP contribution in [0.2, 0.25) is 0 Å². The molecule has 1 aromatic heterocycles. The van der Waals surface area contributed by atoms with E-state index in [1.165, 1.54) is 23.0 Å². The summed E-state index contributed by atoms with van der Waals surface area (Å²) >= 11 is 3.10. The molecule has 9 heteroatoms. The van der Waals surface area contributed by atoms with Crippen LogP contribution in [0, 0.1) is 10.1 Å². The van der Waals surface area contributed by atoms with Crippen LogP contribution in [0.15, 0.2) is 48.5 Å². The third-order valence-corrected chi connectivity index (χ3v) is 6.88. The summed E-state index contributed by atoms with van der Waals surface area (Å²) < 4.78 is 0.810. The molecule has 0 radical (unpaired) electrons. The second-order valence-electron chi connectivity index (χ2n) is 6.75. The quantitative estimate of drug-likeness (QED) is 0.439. The molecule has 0 unspecified atom stereocenters. The summed E-state index contributed by atoms with van der Waals surface area (Å²) in [6, 6.07) is 14.9. The zero-order chi connectivity index (χ0) is 20.2. The maximum absolute atomic E-state index is 12.5. The number of nitro groups is 1. The molecule has 0 saturated carbocycles. The van der Waals surface area contributed by atoms with Gasteiger partial charge in [0, 0.05) is 44.1 Å². The molecule has 4 rings (SSSR count). The van der Waals surface area contributed by atoms with E-state index in [4.69, 9.17) is 0 Å². The number of benzene rings is 2. The van der Waals surface area contributed by atoms with E-state index < -0.39 is 0 Å². The van der Waals surface area contributed by atoms with Crippen LogP contribution < -0.4 is 4.90 Å². The van der Waals surface area contributed by atoms with Crippen molar-refractivity contribution in [3.05, 3.63) is 64.2 Å². The number of aromatic nitrogens is 1. The maximum atomic E-state index is 12.5. The number of thiazole rings is 1. The van der Waals surface area contributed by atoms with Crippen molar-refractivity contribution in [3.8, 4) is 0 Å². The zero-order valence-electron chi connectivity index (χ0n) is 15.7. The third-order valence-electron chi connectivity index (χ3n) is 4.81. The number of hydrogen-bond donors (Lipinski definition) is 0. The van der Waals surface area contributed by atoms with Gasteiger partial charge in [-0.15, -0.1) is 11.8 Å². The summed E-state index contributed by atoms with van der Waals surface area (Å²) in [5, 5.41) is 11.8. The van der Waals surface area contributed by atoms with Gasteiger partial charge in [0.05, 0.1) is 20.9 Å². The maximum Gasteiger partial charge on any atom is 0.270 e. The molecule has 0 bridgehead atoms. The molecule has 7 nitrogen and oxygen atoms in total. The van der Waals surface area contributed by atoms with Gasteiger partial charge in [-0.05, 0) is 11.6 Å². The first-order valence-electron chi connectivity index (χ1n) is 9.29. The average Bonchev–Trinajstić information content (AvgIpc) is 3.18. The molecule has 1 aliphatic rings. The van der Waals surface area contributed by atoms with Crippen molar-refractivity contribution >= 4 is 50.0 Å². The van der Waals surface area contributed by atoms with E-state index in [1.54, 1.807) is 23.9 Å². The molecule has 1 saturated heterocycles. The second kappa shape index (κ2) is 8.79. The molecule has 1 amide bonds. The highest BCUT2D eigenvalue weighted by molar-refractivity contribution is 7.99. The van der Waals surface area contributed by atoms with Crippen molar-refractivity contribution < 1.29 is 9.72 Å². The minimum Gasteiger partial charge on any atom is -0.345 e. The van der Waals surface area contributed by atoms with Crippen LogP contribution >= 0.6 is 23.1 Å². The average molecular weight is 429 g/mol. The largest absolute Gasteiger partial charge is 0.345 e. The van der Waals surface area contributed by atoms with E-state index in [-0.39, 0.29) is 16.5 Å². The van der Waals surface area contributed by atoms with E-state index in [9.17, 15) is 14.9 Å². The van der Waals surface area contributed by atoms with Crippen LogP contribution in [0.1, 0.15) is 5.56 Å². The molecule has 3 aromatic rings.